The van der Waals surface area contributed by atoms with Crippen molar-refractivity contribution in [2.24, 2.45) is 5.73 Å². The van der Waals surface area contributed by atoms with Gasteiger partial charge >= 0.3 is 17.6 Å². The first-order valence-electron chi connectivity index (χ1n) is 4.90. The van der Waals surface area contributed by atoms with Crippen LogP contribution in [0.25, 0.3) is 0 Å². The van der Waals surface area contributed by atoms with Crippen LogP contribution >= 0.6 is 15.9 Å². The van der Waals surface area contributed by atoms with Crippen LogP contribution in [0.15, 0.2) is 9.00 Å². The fraction of sp³-hybridized carbons (Fsp3) is 0.250. The van der Waals surface area contributed by atoms with Gasteiger partial charge in [-0.2, -0.15) is 9.67 Å². The van der Waals surface area contributed by atoms with Crippen molar-refractivity contribution in [3.63, 3.8) is 0 Å². The highest BCUT2D eigenvalue weighted by molar-refractivity contribution is 9.10. The van der Waals surface area contributed by atoms with E-state index in [0.717, 1.165) is 0 Å². The van der Waals surface area contributed by atoms with Gasteiger partial charge in [-0.05, 0) is 27.8 Å². The van der Waals surface area contributed by atoms with Gasteiger partial charge in [-0.25, -0.2) is 0 Å². The molecule has 0 aliphatic heterocycles. The predicted molar refractivity (Wildman–Crippen MR) is 63.2 cm³/mol. The number of carbonyl (C=O) groups is 1. The van der Waals surface area contributed by atoms with Gasteiger partial charge < -0.3 is 20.4 Å². The lowest BCUT2D eigenvalue weighted by atomic mass is 10.4. The van der Waals surface area contributed by atoms with Gasteiger partial charge in [0.15, 0.2) is 5.82 Å². The summed E-state index contributed by atoms with van der Waals surface area (Å²) < 4.78 is 6.19. The molecule has 2 aromatic rings. The minimum absolute atomic E-state index is 0.0229. The highest BCUT2D eigenvalue weighted by Gasteiger charge is 2.24. The second-order valence-electron chi connectivity index (χ2n) is 3.52. The topological polar surface area (TPSA) is 143 Å². The van der Waals surface area contributed by atoms with E-state index in [4.69, 9.17) is 5.73 Å². The normalized spacial score (nSPS) is 10.6. The van der Waals surface area contributed by atoms with Crippen molar-refractivity contribution in [3.8, 4) is 0 Å². The van der Waals surface area contributed by atoms with E-state index >= 15 is 0 Å². The molecule has 2 N–H and O–H groups in total. The lowest BCUT2D eigenvalue weighted by molar-refractivity contribution is -0.390. The minimum Gasteiger partial charge on any atom is -0.361 e. The summed E-state index contributed by atoms with van der Waals surface area (Å²) in [6.45, 7) is 1.66. The van der Waals surface area contributed by atoms with Gasteiger partial charge in [-0.1, -0.05) is 5.16 Å². The summed E-state index contributed by atoms with van der Waals surface area (Å²) in [6, 6.07) is 0. The number of rotatable bonds is 4. The Hall–Kier alpha value is -2.30. The molecule has 10 nitrogen and oxygen atoms in total. The molecule has 0 radical (unpaired) electrons. The number of nitro groups is 1. The van der Waals surface area contributed by atoms with Gasteiger partial charge in [0, 0.05) is 0 Å². The van der Waals surface area contributed by atoms with Crippen LogP contribution < -0.4 is 5.73 Å². The van der Waals surface area contributed by atoms with E-state index in [1.807, 2.05) is 0 Å². The van der Waals surface area contributed by atoms with Gasteiger partial charge in [0.05, 0.1) is 10.8 Å². The Morgan fingerprint density at radius 3 is 2.79 bits per heavy atom. The van der Waals surface area contributed by atoms with Crippen LogP contribution in [0.5, 0.6) is 0 Å². The molecular weight excluding hydrogens is 324 g/mol. The lowest BCUT2D eigenvalue weighted by Crippen LogP contribution is -2.12. The smallest absolute Gasteiger partial charge is 0.361 e. The third-order valence-electron chi connectivity index (χ3n) is 2.26. The Kier molecular flexibility index (Phi) is 3.29. The van der Waals surface area contributed by atoms with E-state index in [9.17, 15) is 14.9 Å². The number of carbonyl (C=O) groups excluding carboxylic acids is 1. The maximum atomic E-state index is 10.8. The number of aromatic nitrogens is 4. The summed E-state index contributed by atoms with van der Waals surface area (Å²) in [5.74, 6) is -1.34. The molecule has 0 aliphatic carbocycles. The number of amides is 1. The fourth-order valence-corrected chi connectivity index (χ4v) is 1.76. The number of halogens is 1. The number of primary amides is 1. The van der Waals surface area contributed by atoms with Crippen molar-refractivity contribution in [3.05, 3.63) is 32.0 Å². The van der Waals surface area contributed by atoms with Crippen LogP contribution in [-0.2, 0) is 6.54 Å². The van der Waals surface area contributed by atoms with Gasteiger partial charge in [-0.15, -0.1) is 0 Å². The molecule has 0 spiro atoms. The molecule has 0 aliphatic rings. The summed E-state index contributed by atoms with van der Waals surface area (Å²) in [5.41, 5.74) is 5.49. The van der Waals surface area contributed by atoms with Crippen molar-refractivity contribution in [2.45, 2.75) is 13.5 Å². The third kappa shape index (κ3) is 2.45. The van der Waals surface area contributed by atoms with Crippen LogP contribution in [-0.4, -0.2) is 30.8 Å². The number of hydrogen-bond donors (Lipinski definition) is 1. The molecule has 11 heteroatoms. The minimum atomic E-state index is -0.844. The third-order valence-corrected chi connectivity index (χ3v) is 3.19. The standard InChI is InChI=1S/C8H7BrN6O4/c1-3-5(9)7(15(17)18)12-14(3)2-4-11-8(6(10)16)19-13-4/h2H2,1H3,(H2,10,16). The molecule has 2 heterocycles. The van der Waals surface area contributed by atoms with Crippen molar-refractivity contribution >= 4 is 27.7 Å². The fourth-order valence-electron chi connectivity index (χ4n) is 1.33. The summed E-state index contributed by atoms with van der Waals surface area (Å²) in [5, 5.41) is 18.0. The average molecular weight is 331 g/mol. The number of nitrogens with two attached hydrogens (primary N) is 1. The van der Waals surface area contributed by atoms with Crippen LogP contribution in [0.3, 0.4) is 0 Å². The summed E-state index contributed by atoms with van der Waals surface area (Å²) in [6.07, 6.45) is 0. The van der Waals surface area contributed by atoms with E-state index in [0.29, 0.717) is 5.69 Å². The second kappa shape index (κ2) is 4.76. The Balaban J connectivity index is 2.30. The second-order valence-corrected chi connectivity index (χ2v) is 4.31. The first-order valence-corrected chi connectivity index (χ1v) is 5.69. The van der Waals surface area contributed by atoms with Gasteiger partial charge in [0.1, 0.15) is 11.0 Å². The Labute approximate surface area is 113 Å². The Bertz CT molecular complexity index is 662. The predicted octanol–water partition coefficient (Wildman–Crippen LogP) is 0.392. The zero-order valence-electron chi connectivity index (χ0n) is 9.53. The van der Waals surface area contributed by atoms with Crippen molar-refractivity contribution < 1.29 is 14.2 Å². The van der Waals surface area contributed by atoms with E-state index in [1.54, 1.807) is 6.92 Å². The van der Waals surface area contributed by atoms with E-state index in [1.165, 1.54) is 4.68 Å². The molecule has 19 heavy (non-hydrogen) atoms. The van der Waals surface area contributed by atoms with Crippen LogP contribution in [0, 0.1) is 17.0 Å². The van der Waals surface area contributed by atoms with E-state index < -0.39 is 10.8 Å². The van der Waals surface area contributed by atoms with E-state index in [-0.39, 0.29) is 28.6 Å². The Morgan fingerprint density at radius 2 is 2.32 bits per heavy atom. The maximum Gasteiger partial charge on any atom is 0.404 e. The monoisotopic (exact) mass is 330 g/mol. The molecule has 0 fully saturated rings. The zero-order chi connectivity index (χ0) is 14.2. The van der Waals surface area contributed by atoms with Gasteiger partial charge in [0.25, 0.3) is 0 Å². The molecule has 0 saturated heterocycles. The van der Waals surface area contributed by atoms with Crippen molar-refractivity contribution in [2.75, 3.05) is 0 Å². The molecule has 0 saturated carbocycles. The zero-order valence-corrected chi connectivity index (χ0v) is 11.1. The average Bonchev–Trinajstić information content (AvgIpc) is 2.90. The number of nitrogens with zero attached hydrogens (tertiary/aromatic N) is 5. The van der Waals surface area contributed by atoms with Crippen LogP contribution in [0.1, 0.15) is 22.2 Å². The molecule has 2 aromatic heterocycles. The first-order chi connectivity index (χ1) is 8.90. The quantitative estimate of drug-likeness (QED) is 0.630. The summed E-state index contributed by atoms with van der Waals surface area (Å²) in [4.78, 5) is 24.6. The molecule has 2 rings (SSSR count). The highest BCUT2D eigenvalue weighted by atomic mass is 79.9. The Morgan fingerprint density at radius 1 is 1.63 bits per heavy atom. The molecule has 0 atom stereocenters. The largest absolute Gasteiger partial charge is 0.404 e. The van der Waals surface area contributed by atoms with Crippen molar-refractivity contribution in [1.82, 2.24) is 19.9 Å². The van der Waals surface area contributed by atoms with Gasteiger partial charge in [-0.3, -0.25) is 4.79 Å². The lowest BCUT2D eigenvalue weighted by Gasteiger charge is -1.93. The van der Waals surface area contributed by atoms with Crippen LogP contribution in [0.2, 0.25) is 0 Å². The van der Waals surface area contributed by atoms with Gasteiger partial charge in [0.2, 0.25) is 0 Å². The molecule has 0 aromatic carbocycles. The SMILES string of the molecule is Cc1c(Br)c([N+](=O)[O-])nn1Cc1noc(C(N)=O)n1. The molecule has 1 amide bonds. The number of hydrogen-bond acceptors (Lipinski definition) is 7. The highest BCUT2D eigenvalue weighted by Crippen LogP contribution is 2.27. The van der Waals surface area contributed by atoms with Crippen molar-refractivity contribution in [1.29, 1.82) is 0 Å². The molecule has 100 valence electrons. The summed E-state index contributed by atoms with van der Waals surface area (Å²) >= 11 is 3.08. The molecular formula is C8H7BrN6O4. The van der Waals surface area contributed by atoms with E-state index in [2.05, 4.69) is 35.7 Å². The maximum absolute atomic E-state index is 10.8. The first kappa shape index (κ1) is 13.1. The summed E-state index contributed by atoms with van der Waals surface area (Å²) in [7, 11) is 0. The molecule has 0 bridgehead atoms. The van der Waals surface area contributed by atoms with Crippen LogP contribution in [0.4, 0.5) is 5.82 Å². The molecule has 0 unspecified atom stereocenters.